The highest BCUT2D eigenvalue weighted by Gasteiger charge is 2.38. The Balaban J connectivity index is 2.85. The summed E-state index contributed by atoms with van der Waals surface area (Å²) in [5.41, 5.74) is 0. The average Bonchev–Trinajstić information content (AvgIpc) is 2.65. The highest BCUT2D eigenvalue weighted by Crippen LogP contribution is 2.22. The van der Waals surface area contributed by atoms with Crippen LogP contribution in [0.1, 0.15) is 12.8 Å². The molecule has 0 bridgehead atoms. The molecule has 6 heteroatoms. The molecule has 0 N–H and O–H groups in total. The largest absolute Gasteiger partial charge is 0.468 e. The van der Waals surface area contributed by atoms with Crippen LogP contribution in [-0.4, -0.2) is 44.1 Å². The molecule has 1 rings (SSSR count). The van der Waals surface area contributed by atoms with Gasteiger partial charge in [-0.1, -0.05) is 6.08 Å². The number of rotatable bonds is 4. The minimum atomic E-state index is -3.40. The summed E-state index contributed by atoms with van der Waals surface area (Å²) in [5.74, 6) is -0.624. The molecular weight excluding hydrogens is 218 g/mol. The van der Waals surface area contributed by atoms with E-state index in [9.17, 15) is 13.2 Å². The second kappa shape index (κ2) is 4.76. The normalized spacial score (nSPS) is 22.6. The van der Waals surface area contributed by atoms with Gasteiger partial charge in [-0.15, -0.1) is 6.58 Å². The van der Waals surface area contributed by atoms with E-state index in [1.807, 2.05) is 0 Å². The van der Waals surface area contributed by atoms with E-state index in [-0.39, 0.29) is 5.75 Å². The van der Waals surface area contributed by atoms with Crippen molar-refractivity contribution in [3.63, 3.8) is 0 Å². The lowest BCUT2D eigenvalue weighted by atomic mass is 10.2. The van der Waals surface area contributed by atoms with Gasteiger partial charge in [0, 0.05) is 6.54 Å². The van der Waals surface area contributed by atoms with Crippen molar-refractivity contribution in [3.05, 3.63) is 12.7 Å². The van der Waals surface area contributed by atoms with Gasteiger partial charge in [0.15, 0.2) is 0 Å². The van der Waals surface area contributed by atoms with Crippen LogP contribution in [0.2, 0.25) is 0 Å². The maximum atomic E-state index is 11.7. The monoisotopic (exact) mass is 233 g/mol. The summed E-state index contributed by atoms with van der Waals surface area (Å²) in [6.45, 7) is 3.77. The van der Waals surface area contributed by atoms with Crippen LogP contribution in [0.4, 0.5) is 0 Å². The Bertz CT molecular complexity index is 349. The van der Waals surface area contributed by atoms with Crippen LogP contribution in [0.15, 0.2) is 12.7 Å². The summed E-state index contributed by atoms with van der Waals surface area (Å²) in [7, 11) is -2.14. The standard InChI is InChI=1S/C9H15NO4S/c1-3-7-15(12,13)10-6-4-5-8(10)9(11)14-2/h3,8H,1,4-7H2,2H3. The van der Waals surface area contributed by atoms with E-state index in [0.717, 1.165) is 0 Å². The van der Waals surface area contributed by atoms with Gasteiger partial charge in [0.05, 0.1) is 12.9 Å². The van der Waals surface area contributed by atoms with E-state index in [4.69, 9.17) is 0 Å². The number of carbonyl (C=O) groups excluding carboxylic acids is 1. The quantitative estimate of drug-likeness (QED) is 0.512. The van der Waals surface area contributed by atoms with Gasteiger partial charge in [0.2, 0.25) is 10.0 Å². The molecule has 0 radical (unpaired) electrons. The minimum Gasteiger partial charge on any atom is -0.468 e. The molecule has 1 unspecified atom stereocenters. The van der Waals surface area contributed by atoms with Crippen molar-refractivity contribution in [2.24, 2.45) is 0 Å². The summed E-state index contributed by atoms with van der Waals surface area (Å²) in [5, 5.41) is 0. The lowest BCUT2D eigenvalue weighted by Gasteiger charge is -2.21. The number of methoxy groups -OCH3 is 1. The second-order valence-corrected chi connectivity index (χ2v) is 5.33. The van der Waals surface area contributed by atoms with Crippen molar-refractivity contribution in [2.45, 2.75) is 18.9 Å². The molecule has 1 saturated heterocycles. The summed E-state index contributed by atoms with van der Waals surface area (Å²) in [6.07, 6.45) is 2.54. The molecule has 1 aliphatic heterocycles. The van der Waals surface area contributed by atoms with Gasteiger partial charge in [0.1, 0.15) is 6.04 Å². The smallest absolute Gasteiger partial charge is 0.324 e. The predicted octanol–water partition coefficient (Wildman–Crippen LogP) is 0.140. The van der Waals surface area contributed by atoms with E-state index in [2.05, 4.69) is 11.3 Å². The fraction of sp³-hybridized carbons (Fsp3) is 0.667. The Kier molecular flexibility index (Phi) is 3.87. The zero-order chi connectivity index (χ0) is 11.5. The molecule has 1 aliphatic rings. The number of esters is 1. The van der Waals surface area contributed by atoms with Gasteiger partial charge in [-0.05, 0) is 12.8 Å². The van der Waals surface area contributed by atoms with Crippen LogP contribution in [0, 0.1) is 0 Å². The maximum absolute atomic E-state index is 11.7. The fourth-order valence-corrected chi connectivity index (χ4v) is 3.17. The molecule has 0 aliphatic carbocycles. The Labute approximate surface area is 89.8 Å². The first kappa shape index (κ1) is 12.2. The Morgan fingerprint density at radius 2 is 2.33 bits per heavy atom. The molecule has 0 aromatic rings. The molecule has 1 heterocycles. The van der Waals surface area contributed by atoms with E-state index >= 15 is 0 Å². The number of hydrogen-bond acceptors (Lipinski definition) is 4. The summed E-state index contributed by atoms with van der Waals surface area (Å²) >= 11 is 0. The van der Waals surface area contributed by atoms with Crippen molar-refractivity contribution in [1.82, 2.24) is 4.31 Å². The topological polar surface area (TPSA) is 63.7 Å². The zero-order valence-electron chi connectivity index (χ0n) is 8.68. The minimum absolute atomic E-state index is 0.138. The lowest BCUT2D eigenvalue weighted by Crippen LogP contribution is -2.41. The number of hydrogen-bond donors (Lipinski definition) is 0. The summed E-state index contributed by atoms with van der Waals surface area (Å²) in [4.78, 5) is 11.3. The first-order chi connectivity index (χ1) is 7.03. The number of sulfonamides is 1. The van der Waals surface area contributed by atoms with Crippen LogP contribution in [0.3, 0.4) is 0 Å². The Morgan fingerprint density at radius 3 is 2.87 bits per heavy atom. The molecule has 86 valence electrons. The fourth-order valence-electron chi connectivity index (χ4n) is 1.69. The molecule has 0 spiro atoms. The molecule has 0 amide bonds. The molecule has 15 heavy (non-hydrogen) atoms. The highest BCUT2D eigenvalue weighted by atomic mass is 32.2. The molecular formula is C9H15NO4S. The average molecular weight is 233 g/mol. The first-order valence-electron chi connectivity index (χ1n) is 4.71. The third-order valence-electron chi connectivity index (χ3n) is 2.36. The van der Waals surface area contributed by atoms with Crippen LogP contribution in [-0.2, 0) is 19.6 Å². The molecule has 0 saturated carbocycles. The van der Waals surface area contributed by atoms with Crippen molar-refractivity contribution in [2.75, 3.05) is 19.4 Å². The number of nitrogens with zero attached hydrogens (tertiary/aromatic N) is 1. The van der Waals surface area contributed by atoms with Crippen molar-refractivity contribution >= 4 is 16.0 Å². The third kappa shape index (κ3) is 2.57. The molecule has 1 atom stereocenters. The van der Waals surface area contributed by atoms with E-state index in [1.165, 1.54) is 17.5 Å². The molecule has 5 nitrogen and oxygen atoms in total. The Morgan fingerprint density at radius 1 is 1.67 bits per heavy atom. The van der Waals surface area contributed by atoms with Crippen LogP contribution in [0.25, 0.3) is 0 Å². The second-order valence-electron chi connectivity index (χ2n) is 3.36. The molecule has 1 fully saturated rings. The SMILES string of the molecule is C=CCS(=O)(=O)N1CCCC1C(=O)OC. The van der Waals surface area contributed by atoms with Gasteiger partial charge in [-0.2, -0.15) is 4.31 Å². The van der Waals surface area contributed by atoms with E-state index in [1.54, 1.807) is 0 Å². The maximum Gasteiger partial charge on any atom is 0.324 e. The van der Waals surface area contributed by atoms with Crippen LogP contribution in [0.5, 0.6) is 0 Å². The van der Waals surface area contributed by atoms with Crippen molar-refractivity contribution in [3.8, 4) is 0 Å². The summed E-state index contributed by atoms with van der Waals surface area (Å²) in [6, 6.07) is -0.653. The first-order valence-corrected chi connectivity index (χ1v) is 6.32. The summed E-state index contributed by atoms with van der Waals surface area (Å²) < 4.78 is 29.2. The lowest BCUT2D eigenvalue weighted by molar-refractivity contribution is -0.144. The van der Waals surface area contributed by atoms with Crippen molar-refractivity contribution < 1.29 is 17.9 Å². The van der Waals surface area contributed by atoms with Crippen LogP contribution < -0.4 is 0 Å². The number of ether oxygens (including phenoxy) is 1. The molecule has 0 aromatic carbocycles. The van der Waals surface area contributed by atoms with Gasteiger partial charge in [-0.3, -0.25) is 4.79 Å². The van der Waals surface area contributed by atoms with E-state index in [0.29, 0.717) is 19.4 Å². The molecule has 0 aromatic heterocycles. The van der Waals surface area contributed by atoms with Crippen molar-refractivity contribution in [1.29, 1.82) is 0 Å². The Hall–Kier alpha value is -0.880. The van der Waals surface area contributed by atoms with Gasteiger partial charge < -0.3 is 4.74 Å². The van der Waals surface area contributed by atoms with Gasteiger partial charge in [-0.25, -0.2) is 8.42 Å². The van der Waals surface area contributed by atoms with Crippen LogP contribution >= 0.6 is 0 Å². The van der Waals surface area contributed by atoms with Gasteiger partial charge >= 0.3 is 5.97 Å². The van der Waals surface area contributed by atoms with Gasteiger partial charge in [0.25, 0.3) is 0 Å². The highest BCUT2D eigenvalue weighted by molar-refractivity contribution is 7.89. The zero-order valence-corrected chi connectivity index (χ0v) is 9.50. The number of carbonyl (C=O) groups is 1. The van der Waals surface area contributed by atoms with E-state index < -0.39 is 22.0 Å². The predicted molar refractivity (Wildman–Crippen MR) is 55.7 cm³/mol. The third-order valence-corrected chi connectivity index (χ3v) is 4.17.